The van der Waals surface area contributed by atoms with Crippen LogP contribution in [0.1, 0.15) is 64.8 Å². The number of pyridine rings is 1. The molecule has 1 saturated carbocycles. The van der Waals surface area contributed by atoms with Gasteiger partial charge >= 0.3 is 0 Å². The summed E-state index contributed by atoms with van der Waals surface area (Å²) < 4.78 is 119. The zero-order chi connectivity index (χ0) is 38.8. The fourth-order valence-electron chi connectivity index (χ4n) is 7.86. The Morgan fingerprint density at radius 3 is 2.44 bits per heavy atom. The van der Waals surface area contributed by atoms with Gasteiger partial charge in [-0.05, 0) is 55.5 Å². The Balaban J connectivity index is 1.44. The maximum Gasteiger partial charge on any atom is 0.293 e. The molecular weight excluding hydrogens is 764 g/mol. The van der Waals surface area contributed by atoms with Crippen LogP contribution in [0.25, 0.3) is 33.2 Å². The van der Waals surface area contributed by atoms with Crippen molar-refractivity contribution in [2.45, 2.75) is 50.0 Å². The first-order chi connectivity index (χ1) is 25.3. The number of hydrogen-bond acceptors (Lipinski definition) is 7. The van der Waals surface area contributed by atoms with E-state index < -0.39 is 81.5 Å². The van der Waals surface area contributed by atoms with Gasteiger partial charge in [0.05, 0.1) is 33.4 Å². The number of hydrogen-bond donors (Lipinski definition) is 3. The van der Waals surface area contributed by atoms with E-state index in [0.717, 1.165) is 18.4 Å². The Morgan fingerprint density at radius 1 is 1.09 bits per heavy atom. The van der Waals surface area contributed by atoms with Gasteiger partial charge in [-0.15, -0.1) is 0 Å². The maximum absolute atomic E-state index is 16.0. The van der Waals surface area contributed by atoms with Gasteiger partial charge in [0.25, 0.3) is 12.3 Å². The molecule has 4 atom stereocenters. The molecule has 0 radical (unpaired) electrons. The van der Waals surface area contributed by atoms with Crippen LogP contribution in [0.2, 0.25) is 5.02 Å². The zero-order valence-corrected chi connectivity index (χ0v) is 29.9. The quantitative estimate of drug-likeness (QED) is 0.133. The summed E-state index contributed by atoms with van der Waals surface area (Å²) in [6.07, 6.45) is -2.90. The number of carbonyl (C=O) groups is 1. The second kappa shape index (κ2) is 12.2. The monoisotopic (exact) mass is 791 g/mol. The minimum Gasteiger partial charge on any atom is -0.368 e. The average Bonchev–Trinajstić information content (AvgIpc) is 3.35. The van der Waals surface area contributed by atoms with E-state index >= 15 is 8.78 Å². The molecule has 54 heavy (non-hydrogen) atoms. The Kier molecular flexibility index (Phi) is 8.08. The van der Waals surface area contributed by atoms with Gasteiger partial charge in [-0.1, -0.05) is 17.7 Å². The van der Waals surface area contributed by atoms with E-state index in [2.05, 4.69) is 24.9 Å². The molecule has 4 N–H and O–H groups in total. The van der Waals surface area contributed by atoms with E-state index in [4.69, 9.17) is 22.3 Å². The number of nitrogens with one attached hydrogen (secondary N) is 2. The lowest BCUT2D eigenvalue weighted by Gasteiger charge is -2.29. The van der Waals surface area contributed by atoms with Crippen molar-refractivity contribution >= 4 is 55.4 Å². The van der Waals surface area contributed by atoms with Crippen molar-refractivity contribution < 1.29 is 39.6 Å². The number of nitrogens with two attached hydrogens (primary N) is 1. The number of aryl methyl sites for hydroxylation is 2. The molecule has 2 aromatic carbocycles. The second-order valence-electron chi connectivity index (χ2n) is 13.7. The van der Waals surface area contributed by atoms with Crippen molar-refractivity contribution in [2.75, 3.05) is 11.0 Å². The highest BCUT2D eigenvalue weighted by molar-refractivity contribution is 7.92. The number of H-pyrrole nitrogens is 1. The molecule has 12 nitrogen and oxygen atoms in total. The third kappa shape index (κ3) is 5.75. The normalized spacial score (nSPS) is 18.6. The summed E-state index contributed by atoms with van der Waals surface area (Å²) in [6.45, 7) is 1.64. The molecule has 0 saturated heterocycles. The first-order valence-corrected chi connectivity index (χ1v) is 18.6. The molecule has 4 heterocycles. The van der Waals surface area contributed by atoms with Crippen LogP contribution in [0.15, 0.2) is 36.4 Å². The largest absolute Gasteiger partial charge is 0.368 e. The first kappa shape index (κ1) is 35.8. The van der Waals surface area contributed by atoms with E-state index in [9.17, 15) is 30.8 Å². The van der Waals surface area contributed by atoms with Crippen molar-refractivity contribution in [1.82, 2.24) is 34.5 Å². The smallest absolute Gasteiger partial charge is 0.293 e. The molecule has 1 unspecified atom stereocenters. The van der Waals surface area contributed by atoms with E-state index in [1.807, 2.05) is 0 Å². The highest BCUT2D eigenvalue weighted by atomic mass is 35.5. The molecule has 4 aromatic heterocycles. The first-order valence-electron chi connectivity index (χ1n) is 16.4. The highest BCUT2D eigenvalue weighted by Gasteiger charge is 2.67. The topological polar surface area (TPSA) is 166 Å². The van der Waals surface area contributed by atoms with Gasteiger partial charge in [-0.2, -0.15) is 19.0 Å². The number of nitrogens with zero attached hydrogens (tertiary/aromatic N) is 6. The number of alkyl halides is 4. The van der Waals surface area contributed by atoms with Crippen LogP contribution in [0, 0.1) is 24.5 Å². The van der Waals surface area contributed by atoms with Crippen LogP contribution in [0.4, 0.5) is 32.2 Å². The summed E-state index contributed by atoms with van der Waals surface area (Å²) in [5.41, 5.74) is 4.91. The SMILES string of the molecule is Cc1nc2nc([C@@H](Cc3cc(F)cc(F)c3)C(C(N)=O)n3nc(C(F)F)c4c3C(F)(F)[C@@H]3C[C@H]43)c(-c3ccc(Cl)c4c(NS(C)(=O)=O)nn(C)c34)cc2[nH]1. The Hall–Kier alpha value is -5.17. The fourth-order valence-corrected chi connectivity index (χ4v) is 8.60. The van der Waals surface area contributed by atoms with E-state index in [1.165, 1.54) is 17.8 Å². The molecule has 0 aliphatic heterocycles. The number of primary amides is 1. The molecule has 0 spiro atoms. The van der Waals surface area contributed by atoms with Crippen LogP contribution >= 0.6 is 11.6 Å². The molecule has 2 aliphatic carbocycles. The molecular formula is C34H28ClF6N9O3S. The Labute approximate surface area is 306 Å². The summed E-state index contributed by atoms with van der Waals surface area (Å²) >= 11 is 6.60. The number of benzene rings is 2. The van der Waals surface area contributed by atoms with Gasteiger partial charge in [-0.25, -0.2) is 40.6 Å². The minimum atomic E-state index is -3.86. The standard InChI is InChI=1S/C34H28ClF6N9O3S/c1-12-43-22-11-17(16-4-5-21(35)24-27(16)49(2)47-33(24)48-54(3,52)53)25(45-32(22)44-12)19(8-13-6-14(36)9-15(37)7-13)28(31(42)51)50-29-23(26(46-50)30(38)39)18-10-20(18)34(29,40)41/h4-7,9,11,18-20,28,30H,8,10H2,1-3H3,(H2,42,51)(H,47,48)(H,43,44,45)/t18-,19+,20+,28?/m0/s1. The van der Waals surface area contributed by atoms with Crippen molar-refractivity contribution in [1.29, 1.82) is 0 Å². The predicted octanol–water partition coefficient (Wildman–Crippen LogP) is 6.52. The summed E-state index contributed by atoms with van der Waals surface area (Å²) in [5.74, 6) is -10.3. The van der Waals surface area contributed by atoms with Crippen LogP contribution in [-0.2, 0) is 34.2 Å². The number of aromatic amines is 1. The lowest BCUT2D eigenvalue weighted by atomic mass is 9.84. The summed E-state index contributed by atoms with van der Waals surface area (Å²) in [7, 11) is -2.35. The minimum absolute atomic E-state index is 0.0486. The molecule has 8 rings (SSSR count). The highest BCUT2D eigenvalue weighted by Crippen LogP contribution is 2.68. The average molecular weight is 792 g/mol. The van der Waals surface area contributed by atoms with Crippen LogP contribution in [0.3, 0.4) is 0 Å². The van der Waals surface area contributed by atoms with Crippen LogP contribution in [0.5, 0.6) is 0 Å². The third-order valence-electron chi connectivity index (χ3n) is 9.92. The van der Waals surface area contributed by atoms with Gasteiger partial charge in [0, 0.05) is 41.6 Å². The van der Waals surface area contributed by atoms with Gasteiger partial charge in [0.2, 0.25) is 15.9 Å². The van der Waals surface area contributed by atoms with Crippen LogP contribution in [-0.4, -0.2) is 55.1 Å². The Bertz CT molecular complexity index is 2660. The number of amides is 1. The summed E-state index contributed by atoms with van der Waals surface area (Å²) in [5, 5.41) is 8.50. The molecule has 1 amide bonds. The van der Waals surface area contributed by atoms with E-state index in [0.29, 0.717) is 22.1 Å². The van der Waals surface area contributed by atoms with Gasteiger partial charge in [0.15, 0.2) is 11.5 Å². The molecule has 2 aliphatic rings. The van der Waals surface area contributed by atoms with Gasteiger partial charge in [0.1, 0.15) is 34.9 Å². The summed E-state index contributed by atoms with van der Waals surface area (Å²) in [6, 6.07) is 5.16. The van der Waals surface area contributed by atoms with Crippen molar-refractivity contribution in [2.24, 2.45) is 18.7 Å². The molecule has 0 bridgehead atoms. The number of carbonyl (C=O) groups excluding carboxylic acids is 1. The lowest BCUT2D eigenvalue weighted by molar-refractivity contribution is -0.122. The predicted molar refractivity (Wildman–Crippen MR) is 185 cm³/mol. The van der Waals surface area contributed by atoms with Crippen molar-refractivity contribution in [3.05, 3.63) is 87.1 Å². The maximum atomic E-state index is 16.0. The van der Waals surface area contributed by atoms with Crippen molar-refractivity contribution in [3.63, 3.8) is 0 Å². The number of sulfonamides is 1. The number of fused-ring (bicyclic) bond motifs is 5. The summed E-state index contributed by atoms with van der Waals surface area (Å²) in [4.78, 5) is 26.0. The fraction of sp³-hybridized carbons (Fsp3) is 0.324. The van der Waals surface area contributed by atoms with E-state index in [-0.39, 0.29) is 61.8 Å². The van der Waals surface area contributed by atoms with Crippen molar-refractivity contribution in [3.8, 4) is 11.1 Å². The van der Waals surface area contributed by atoms with Gasteiger partial charge < -0.3 is 10.7 Å². The molecule has 1 fully saturated rings. The number of anilines is 1. The third-order valence-corrected chi connectivity index (χ3v) is 10.8. The number of imidazole rings is 1. The lowest BCUT2D eigenvalue weighted by Crippen LogP contribution is -2.37. The van der Waals surface area contributed by atoms with E-state index in [1.54, 1.807) is 19.1 Å². The van der Waals surface area contributed by atoms with Gasteiger partial charge in [-0.3, -0.25) is 14.2 Å². The number of halogens is 7. The number of rotatable bonds is 10. The zero-order valence-electron chi connectivity index (χ0n) is 28.3. The Morgan fingerprint density at radius 2 is 1.80 bits per heavy atom. The molecule has 6 aromatic rings. The number of aromatic nitrogens is 7. The van der Waals surface area contributed by atoms with Crippen LogP contribution < -0.4 is 10.5 Å². The molecule has 20 heteroatoms. The molecule has 282 valence electrons. The second-order valence-corrected chi connectivity index (χ2v) is 15.8.